The normalized spacial score (nSPS) is 16.3. The summed E-state index contributed by atoms with van der Waals surface area (Å²) < 4.78 is 38.3. The number of aliphatic hydroxyl groups excluding tert-OH is 1. The number of nitrogens with zero attached hydrogens (tertiary/aromatic N) is 1. The van der Waals surface area contributed by atoms with Crippen LogP contribution in [0.4, 0.5) is 5.69 Å². The molecule has 1 saturated heterocycles. The number of hydrogen-bond donors (Lipinski definition) is 2. The Balaban J connectivity index is 1.57. The SMILES string of the molecule is CCOc1ccc(S(=O)(=O)Nc2ccc(C(O)CCN3CCOCC3)cc2)cc1. The van der Waals surface area contributed by atoms with Gasteiger partial charge in [-0.05, 0) is 55.3 Å². The summed E-state index contributed by atoms with van der Waals surface area (Å²) in [7, 11) is -3.69. The smallest absolute Gasteiger partial charge is 0.261 e. The van der Waals surface area contributed by atoms with Crippen molar-refractivity contribution < 1.29 is 23.0 Å². The van der Waals surface area contributed by atoms with E-state index < -0.39 is 16.1 Å². The number of morpholine rings is 1. The third-order valence-electron chi connectivity index (χ3n) is 4.82. The predicted octanol–water partition coefficient (Wildman–Crippen LogP) is 2.64. The van der Waals surface area contributed by atoms with Crippen molar-refractivity contribution in [3.8, 4) is 5.75 Å². The average molecular weight is 421 g/mol. The topological polar surface area (TPSA) is 88.1 Å². The van der Waals surface area contributed by atoms with Crippen molar-refractivity contribution in [3.63, 3.8) is 0 Å². The number of anilines is 1. The number of aliphatic hydroxyl groups is 1. The molecular weight excluding hydrogens is 392 g/mol. The number of sulfonamides is 1. The highest BCUT2D eigenvalue weighted by atomic mass is 32.2. The molecule has 1 heterocycles. The van der Waals surface area contributed by atoms with Crippen LogP contribution in [0.2, 0.25) is 0 Å². The van der Waals surface area contributed by atoms with E-state index in [9.17, 15) is 13.5 Å². The van der Waals surface area contributed by atoms with Crippen LogP contribution in [0.25, 0.3) is 0 Å². The molecule has 7 nitrogen and oxygen atoms in total. The molecule has 2 aromatic carbocycles. The van der Waals surface area contributed by atoms with E-state index in [2.05, 4.69) is 9.62 Å². The van der Waals surface area contributed by atoms with E-state index in [4.69, 9.17) is 9.47 Å². The van der Waals surface area contributed by atoms with Crippen molar-refractivity contribution in [2.45, 2.75) is 24.3 Å². The molecule has 158 valence electrons. The van der Waals surface area contributed by atoms with Crippen LogP contribution in [0.15, 0.2) is 53.4 Å². The van der Waals surface area contributed by atoms with E-state index in [0.717, 1.165) is 38.4 Å². The predicted molar refractivity (Wildman–Crippen MR) is 112 cm³/mol. The van der Waals surface area contributed by atoms with E-state index >= 15 is 0 Å². The lowest BCUT2D eigenvalue weighted by atomic mass is 10.1. The summed E-state index contributed by atoms with van der Waals surface area (Å²) in [5.41, 5.74) is 1.21. The van der Waals surface area contributed by atoms with Crippen molar-refractivity contribution >= 4 is 15.7 Å². The van der Waals surface area contributed by atoms with Gasteiger partial charge in [0.1, 0.15) is 5.75 Å². The van der Waals surface area contributed by atoms with Crippen LogP contribution < -0.4 is 9.46 Å². The Morgan fingerprint density at radius 3 is 2.38 bits per heavy atom. The van der Waals surface area contributed by atoms with E-state index in [1.807, 2.05) is 6.92 Å². The third kappa shape index (κ3) is 6.17. The van der Waals surface area contributed by atoms with Crippen LogP contribution in [0, 0.1) is 0 Å². The summed E-state index contributed by atoms with van der Waals surface area (Å²) in [6.07, 6.45) is 0.0340. The molecule has 0 amide bonds. The molecule has 1 fully saturated rings. The molecule has 8 heteroatoms. The molecule has 2 N–H and O–H groups in total. The van der Waals surface area contributed by atoms with E-state index in [-0.39, 0.29) is 4.90 Å². The first kappa shape index (κ1) is 21.6. The quantitative estimate of drug-likeness (QED) is 0.648. The second-order valence-corrected chi connectivity index (χ2v) is 8.57. The number of rotatable bonds is 9. The fraction of sp³-hybridized carbons (Fsp3) is 0.429. The lowest BCUT2D eigenvalue weighted by Gasteiger charge is -2.27. The van der Waals surface area contributed by atoms with E-state index in [1.165, 1.54) is 12.1 Å². The molecule has 0 spiro atoms. The Morgan fingerprint density at radius 1 is 1.10 bits per heavy atom. The zero-order valence-corrected chi connectivity index (χ0v) is 17.4. The zero-order chi connectivity index (χ0) is 20.7. The Bertz CT molecular complexity index is 863. The summed E-state index contributed by atoms with van der Waals surface area (Å²) in [6.45, 7) is 6.44. The third-order valence-corrected chi connectivity index (χ3v) is 6.21. The van der Waals surface area contributed by atoms with E-state index in [0.29, 0.717) is 24.5 Å². The Morgan fingerprint density at radius 2 is 1.76 bits per heavy atom. The van der Waals surface area contributed by atoms with Gasteiger partial charge in [-0.2, -0.15) is 0 Å². The van der Waals surface area contributed by atoms with Gasteiger partial charge in [0.2, 0.25) is 0 Å². The summed E-state index contributed by atoms with van der Waals surface area (Å²) in [5.74, 6) is 0.627. The van der Waals surface area contributed by atoms with Crippen molar-refractivity contribution in [1.29, 1.82) is 0 Å². The average Bonchev–Trinajstić information content (AvgIpc) is 2.74. The number of nitrogens with one attached hydrogen (secondary N) is 1. The number of hydrogen-bond acceptors (Lipinski definition) is 6. The highest BCUT2D eigenvalue weighted by molar-refractivity contribution is 7.92. The molecule has 1 unspecified atom stereocenters. The fourth-order valence-electron chi connectivity index (χ4n) is 3.17. The van der Waals surface area contributed by atoms with Crippen LogP contribution in [-0.2, 0) is 14.8 Å². The van der Waals surface area contributed by atoms with Crippen LogP contribution >= 0.6 is 0 Å². The highest BCUT2D eigenvalue weighted by Gasteiger charge is 2.16. The maximum absolute atomic E-state index is 12.6. The largest absolute Gasteiger partial charge is 0.494 e. The van der Waals surface area contributed by atoms with E-state index in [1.54, 1.807) is 36.4 Å². The fourth-order valence-corrected chi connectivity index (χ4v) is 4.22. The summed E-state index contributed by atoms with van der Waals surface area (Å²) in [6, 6.07) is 13.1. The number of ether oxygens (including phenoxy) is 2. The molecule has 2 aromatic rings. The molecule has 0 aromatic heterocycles. The minimum absolute atomic E-state index is 0.163. The molecule has 1 aliphatic heterocycles. The summed E-state index contributed by atoms with van der Waals surface area (Å²) >= 11 is 0. The van der Waals surface area contributed by atoms with Crippen LogP contribution in [-0.4, -0.2) is 57.9 Å². The van der Waals surface area contributed by atoms with Gasteiger partial charge in [0.05, 0.1) is 30.8 Å². The lowest BCUT2D eigenvalue weighted by Crippen LogP contribution is -2.37. The Labute approximate surface area is 172 Å². The first-order valence-electron chi connectivity index (χ1n) is 9.82. The molecule has 0 saturated carbocycles. The summed E-state index contributed by atoms with van der Waals surface area (Å²) in [5, 5.41) is 10.4. The molecule has 29 heavy (non-hydrogen) atoms. The van der Waals surface area contributed by atoms with Crippen LogP contribution in [0.5, 0.6) is 5.75 Å². The first-order valence-corrected chi connectivity index (χ1v) is 11.3. The van der Waals surface area contributed by atoms with Gasteiger partial charge in [-0.3, -0.25) is 9.62 Å². The second-order valence-electron chi connectivity index (χ2n) is 6.89. The molecule has 1 aliphatic rings. The minimum Gasteiger partial charge on any atom is -0.494 e. The number of benzene rings is 2. The zero-order valence-electron chi connectivity index (χ0n) is 16.6. The van der Waals surface area contributed by atoms with Gasteiger partial charge >= 0.3 is 0 Å². The maximum atomic E-state index is 12.6. The van der Waals surface area contributed by atoms with Crippen molar-refractivity contribution in [3.05, 3.63) is 54.1 Å². The van der Waals surface area contributed by atoms with Gasteiger partial charge < -0.3 is 14.6 Å². The Kier molecular flexibility index (Phi) is 7.49. The Hall–Kier alpha value is -2.13. The van der Waals surface area contributed by atoms with Gasteiger partial charge in [-0.15, -0.1) is 0 Å². The molecule has 0 radical (unpaired) electrons. The highest BCUT2D eigenvalue weighted by Crippen LogP contribution is 2.22. The molecule has 3 rings (SSSR count). The summed E-state index contributed by atoms with van der Waals surface area (Å²) in [4.78, 5) is 2.43. The van der Waals surface area contributed by atoms with Gasteiger partial charge in [0.15, 0.2) is 0 Å². The van der Waals surface area contributed by atoms with Crippen molar-refractivity contribution in [2.75, 3.05) is 44.2 Å². The molecule has 1 atom stereocenters. The maximum Gasteiger partial charge on any atom is 0.261 e. The van der Waals surface area contributed by atoms with Gasteiger partial charge in [-0.25, -0.2) is 8.42 Å². The monoisotopic (exact) mass is 420 g/mol. The van der Waals surface area contributed by atoms with Crippen molar-refractivity contribution in [1.82, 2.24) is 4.90 Å². The minimum atomic E-state index is -3.69. The molecule has 0 aliphatic carbocycles. The lowest BCUT2D eigenvalue weighted by molar-refractivity contribution is 0.0300. The van der Waals surface area contributed by atoms with Crippen LogP contribution in [0.1, 0.15) is 25.0 Å². The first-order chi connectivity index (χ1) is 14.0. The van der Waals surface area contributed by atoms with Gasteiger partial charge in [0.25, 0.3) is 10.0 Å². The van der Waals surface area contributed by atoms with Gasteiger partial charge in [-0.1, -0.05) is 12.1 Å². The molecule has 0 bridgehead atoms. The van der Waals surface area contributed by atoms with Gasteiger partial charge in [0, 0.05) is 25.3 Å². The standard InChI is InChI=1S/C21H28N2O5S/c1-2-28-19-7-9-20(10-8-19)29(25,26)22-18-5-3-17(4-6-18)21(24)11-12-23-13-15-27-16-14-23/h3-10,21-22,24H,2,11-16H2,1H3. The molecular formula is C21H28N2O5S. The van der Waals surface area contributed by atoms with Crippen LogP contribution in [0.3, 0.4) is 0 Å². The second kappa shape index (κ2) is 10.1. The van der Waals surface area contributed by atoms with Crippen molar-refractivity contribution in [2.24, 2.45) is 0 Å².